The van der Waals surface area contributed by atoms with Crippen molar-refractivity contribution in [3.63, 3.8) is 0 Å². The highest BCUT2D eigenvalue weighted by atomic mass is 32.2. The van der Waals surface area contributed by atoms with Gasteiger partial charge in [-0.25, -0.2) is 15.0 Å². The molecule has 188 valence electrons. The van der Waals surface area contributed by atoms with E-state index in [0.29, 0.717) is 18.6 Å². The average molecular weight is 499 g/mol. The normalized spacial score (nSPS) is 29.2. The molecule has 0 radical (unpaired) electrons. The zero-order valence-electron chi connectivity index (χ0n) is 20.4. The Hall–Kier alpha value is -2.14. The molecule has 3 fully saturated rings. The second kappa shape index (κ2) is 9.38. The van der Waals surface area contributed by atoms with Crippen LogP contribution in [0.5, 0.6) is 5.75 Å². The van der Waals surface area contributed by atoms with E-state index in [4.69, 9.17) is 29.9 Å². The number of hydrogen-bond acceptors (Lipinski definition) is 10. The first-order chi connectivity index (χ1) is 17.1. The number of piperidine rings is 1. The van der Waals surface area contributed by atoms with Crippen LogP contribution in [0.4, 0.5) is 11.6 Å². The molecular weight excluding hydrogens is 464 g/mol. The molecule has 2 aromatic heterocycles. The highest BCUT2D eigenvalue weighted by Gasteiger charge is 2.47. The lowest BCUT2D eigenvalue weighted by molar-refractivity contribution is 0.0974. The molecular formula is C25H34N6O3S. The molecule has 4 aliphatic rings. The summed E-state index contributed by atoms with van der Waals surface area (Å²) in [4.78, 5) is 19.8. The van der Waals surface area contributed by atoms with Crippen molar-refractivity contribution < 1.29 is 14.2 Å². The van der Waals surface area contributed by atoms with Crippen molar-refractivity contribution in [2.75, 3.05) is 56.4 Å². The Bertz CT molecular complexity index is 1050. The van der Waals surface area contributed by atoms with Crippen molar-refractivity contribution >= 4 is 23.4 Å². The summed E-state index contributed by atoms with van der Waals surface area (Å²) in [7, 11) is 1.77. The van der Waals surface area contributed by atoms with E-state index in [2.05, 4.69) is 21.7 Å². The zero-order chi connectivity index (χ0) is 24.0. The molecule has 6 heterocycles. The SMILES string of the molecule is COCC1C[C@H]2COc3c(Sc4cnc(N5CCC6(CC5)CO[C@@H](C)[C@H]6N)cn4)ccnc3N2C1. The number of fused-ring (bicyclic) bond motifs is 3. The first-order valence-corrected chi connectivity index (χ1v) is 13.4. The monoisotopic (exact) mass is 498 g/mol. The molecule has 0 aromatic carbocycles. The van der Waals surface area contributed by atoms with E-state index in [9.17, 15) is 0 Å². The smallest absolute Gasteiger partial charge is 0.175 e. The molecule has 4 aliphatic heterocycles. The van der Waals surface area contributed by atoms with E-state index >= 15 is 0 Å². The van der Waals surface area contributed by atoms with Gasteiger partial charge in [0.1, 0.15) is 17.5 Å². The Morgan fingerprint density at radius 1 is 1.23 bits per heavy atom. The lowest BCUT2D eigenvalue weighted by atomic mass is 9.73. The predicted molar refractivity (Wildman–Crippen MR) is 134 cm³/mol. The summed E-state index contributed by atoms with van der Waals surface area (Å²) in [6.45, 7) is 7.12. The first kappa shape index (κ1) is 23.3. The van der Waals surface area contributed by atoms with Crippen LogP contribution >= 0.6 is 11.8 Å². The van der Waals surface area contributed by atoms with Crippen LogP contribution in [0.1, 0.15) is 26.2 Å². The number of nitrogens with zero attached hydrogens (tertiary/aromatic N) is 5. The van der Waals surface area contributed by atoms with Gasteiger partial charge in [-0.1, -0.05) is 11.8 Å². The van der Waals surface area contributed by atoms with E-state index < -0.39 is 0 Å². The summed E-state index contributed by atoms with van der Waals surface area (Å²) >= 11 is 1.58. The fraction of sp³-hybridized carbons (Fsp3) is 0.640. The van der Waals surface area contributed by atoms with Gasteiger partial charge in [0.05, 0.1) is 42.6 Å². The van der Waals surface area contributed by atoms with Crippen LogP contribution in [0.15, 0.2) is 34.6 Å². The lowest BCUT2D eigenvalue weighted by Crippen LogP contribution is -2.50. The number of methoxy groups -OCH3 is 1. The molecule has 2 N–H and O–H groups in total. The van der Waals surface area contributed by atoms with Crippen molar-refractivity contribution in [1.29, 1.82) is 0 Å². The molecule has 35 heavy (non-hydrogen) atoms. The minimum Gasteiger partial charge on any atom is -0.486 e. The standard InChI is InChI=1S/C25H34N6O3S/c1-16-23(26)25(15-34-16)4-7-30(8-5-25)20-10-29-21(11-28-20)35-19-3-6-27-24-22(19)33-14-18-9-17(13-32-2)12-31(18)24/h3,6,10-11,16-18,23H,4-5,7-9,12-15,26H2,1-2H3/t16-,17?,18-,23+/m0/s1. The highest BCUT2D eigenvalue weighted by molar-refractivity contribution is 7.99. The summed E-state index contributed by atoms with van der Waals surface area (Å²) in [5.74, 6) is 3.21. The van der Waals surface area contributed by atoms with Gasteiger partial charge in [0.2, 0.25) is 0 Å². The third-order valence-corrected chi connectivity index (χ3v) is 9.17. The third-order valence-electron chi connectivity index (χ3n) is 8.20. The van der Waals surface area contributed by atoms with E-state index in [0.717, 1.165) is 79.4 Å². The second-order valence-corrected chi connectivity index (χ2v) is 11.4. The van der Waals surface area contributed by atoms with Crippen molar-refractivity contribution in [2.24, 2.45) is 17.1 Å². The van der Waals surface area contributed by atoms with Gasteiger partial charge in [-0.15, -0.1) is 0 Å². The van der Waals surface area contributed by atoms with Crippen LogP contribution < -0.4 is 20.3 Å². The molecule has 9 nitrogen and oxygen atoms in total. The quantitative estimate of drug-likeness (QED) is 0.662. The summed E-state index contributed by atoms with van der Waals surface area (Å²) in [5, 5.41) is 0.847. The van der Waals surface area contributed by atoms with Crippen LogP contribution in [-0.4, -0.2) is 79.7 Å². The number of rotatable bonds is 5. The molecule has 4 atom stereocenters. The highest BCUT2D eigenvalue weighted by Crippen LogP contribution is 2.45. The van der Waals surface area contributed by atoms with Gasteiger partial charge in [0.25, 0.3) is 0 Å². The maximum Gasteiger partial charge on any atom is 0.175 e. The van der Waals surface area contributed by atoms with Crippen LogP contribution in [0.25, 0.3) is 0 Å². The maximum absolute atomic E-state index is 6.46. The minimum absolute atomic E-state index is 0.109. The third kappa shape index (κ3) is 4.24. The largest absolute Gasteiger partial charge is 0.486 e. The Kier molecular flexibility index (Phi) is 6.24. The Balaban J connectivity index is 1.12. The molecule has 0 bridgehead atoms. The molecule has 10 heteroatoms. The van der Waals surface area contributed by atoms with Gasteiger partial charge in [0.15, 0.2) is 11.6 Å². The fourth-order valence-corrected chi connectivity index (χ4v) is 6.91. The van der Waals surface area contributed by atoms with Crippen molar-refractivity contribution in [3.8, 4) is 5.75 Å². The van der Waals surface area contributed by atoms with Crippen LogP contribution in [-0.2, 0) is 9.47 Å². The summed E-state index contributed by atoms with van der Waals surface area (Å²) < 4.78 is 17.4. The lowest BCUT2D eigenvalue weighted by Gasteiger charge is -2.41. The first-order valence-electron chi connectivity index (χ1n) is 12.6. The van der Waals surface area contributed by atoms with E-state index in [1.165, 1.54) is 0 Å². The van der Waals surface area contributed by atoms with E-state index in [1.807, 2.05) is 24.7 Å². The number of ether oxygens (including phenoxy) is 3. The van der Waals surface area contributed by atoms with Gasteiger partial charge < -0.3 is 29.7 Å². The van der Waals surface area contributed by atoms with Gasteiger partial charge in [0, 0.05) is 50.3 Å². The number of hydrogen-bond donors (Lipinski definition) is 1. The summed E-state index contributed by atoms with van der Waals surface area (Å²) in [6, 6.07) is 2.48. The Morgan fingerprint density at radius 2 is 2.09 bits per heavy atom. The van der Waals surface area contributed by atoms with Gasteiger partial charge in [-0.3, -0.25) is 0 Å². The molecule has 2 aromatic rings. The molecule has 6 rings (SSSR count). The van der Waals surface area contributed by atoms with Crippen LogP contribution in [0.3, 0.4) is 0 Å². The minimum atomic E-state index is 0.109. The van der Waals surface area contributed by atoms with E-state index in [-0.39, 0.29) is 17.6 Å². The second-order valence-electron chi connectivity index (χ2n) is 10.3. The molecule has 1 unspecified atom stereocenters. The topological polar surface area (TPSA) is 98.9 Å². The number of nitrogens with two attached hydrogens (primary N) is 1. The number of aromatic nitrogens is 3. The average Bonchev–Trinajstić information content (AvgIpc) is 3.42. The molecule has 0 saturated carbocycles. The van der Waals surface area contributed by atoms with E-state index in [1.54, 1.807) is 18.9 Å². The Morgan fingerprint density at radius 3 is 2.80 bits per heavy atom. The summed E-state index contributed by atoms with van der Waals surface area (Å²) in [5.41, 5.74) is 6.57. The van der Waals surface area contributed by atoms with Crippen molar-refractivity contribution in [1.82, 2.24) is 15.0 Å². The van der Waals surface area contributed by atoms with Crippen molar-refractivity contribution in [3.05, 3.63) is 24.7 Å². The Labute approximate surface area is 210 Å². The molecule has 1 spiro atoms. The molecule has 3 saturated heterocycles. The van der Waals surface area contributed by atoms with Gasteiger partial charge in [-0.05, 0) is 32.3 Å². The summed E-state index contributed by atoms with van der Waals surface area (Å²) in [6.07, 6.45) is 8.88. The zero-order valence-corrected chi connectivity index (χ0v) is 21.2. The van der Waals surface area contributed by atoms with Crippen LogP contribution in [0.2, 0.25) is 0 Å². The number of anilines is 2. The number of pyridine rings is 1. The van der Waals surface area contributed by atoms with Gasteiger partial charge >= 0.3 is 0 Å². The predicted octanol–water partition coefficient (Wildman–Crippen LogP) is 2.59. The van der Waals surface area contributed by atoms with Crippen LogP contribution in [0, 0.1) is 11.3 Å². The maximum atomic E-state index is 6.46. The fourth-order valence-electron chi connectivity index (χ4n) is 6.10. The molecule has 0 aliphatic carbocycles. The molecule has 0 amide bonds. The van der Waals surface area contributed by atoms with Crippen molar-refractivity contribution in [2.45, 2.75) is 54.3 Å². The van der Waals surface area contributed by atoms with Gasteiger partial charge in [-0.2, -0.15) is 0 Å².